The number of pyridine rings is 2. The number of Topliss-reactive ketones (excluding diaryl/α,β-unsaturated/α-hetero) is 2. The average molecular weight is 1770 g/mol. The fraction of sp³-hybridized carbons (Fsp3) is 0.582. The molecule has 2 unspecified atom stereocenters. The van der Waals surface area contributed by atoms with Crippen LogP contribution in [-0.4, -0.2) is 183 Å². The normalized spacial score (nSPS) is 25.9. The Kier molecular flexibility index (Phi) is 26.7. The number of benzene rings is 3. The molecule has 16 atom stereocenters. The number of anilines is 2. The van der Waals surface area contributed by atoms with E-state index in [2.05, 4.69) is 41.7 Å². The molecule has 31 heteroatoms. The summed E-state index contributed by atoms with van der Waals surface area (Å²) in [6.45, 7) is 23.3. The third kappa shape index (κ3) is 20.5. The van der Waals surface area contributed by atoms with Crippen molar-refractivity contribution in [1.82, 2.24) is 39.3 Å². The molecule has 29 nitrogen and oxygen atoms in total. The fourth-order valence-electron chi connectivity index (χ4n) is 18.7. The van der Waals surface area contributed by atoms with Gasteiger partial charge in [0.1, 0.15) is 53.0 Å². The van der Waals surface area contributed by atoms with E-state index in [4.69, 9.17) is 37.6 Å². The topological polar surface area (TPSA) is 367 Å². The van der Waals surface area contributed by atoms with Crippen molar-refractivity contribution >= 4 is 107 Å². The maximum absolute atomic E-state index is 14.7. The lowest BCUT2D eigenvalue weighted by Gasteiger charge is -2.35. The molecule has 122 heavy (non-hydrogen) atoms. The van der Waals surface area contributed by atoms with Gasteiger partial charge in [0.15, 0.2) is 22.8 Å². The lowest BCUT2D eigenvalue weighted by molar-refractivity contribution is -0.157. The number of esters is 3. The van der Waals surface area contributed by atoms with Gasteiger partial charge in [-0.3, -0.25) is 47.3 Å². The number of aromatic nitrogens is 6. The van der Waals surface area contributed by atoms with Crippen molar-refractivity contribution in [3.05, 3.63) is 112 Å². The predicted molar refractivity (Wildman–Crippen MR) is 459 cm³/mol. The van der Waals surface area contributed by atoms with Gasteiger partial charge in [-0.2, -0.15) is 8.42 Å². The van der Waals surface area contributed by atoms with Gasteiger partial charge >= 0.3 is 23.9 Å². The Labute approximate surface area is 720 Å². The molecule has 6 saturated carbocycles. The highest BCUT2D eigenvalue weighted by molar-refractivity contribution is 9.10. The largest absolute Gasteiger partial charge is 0.497 e. The maximum atomic E-state index is 14.7. The van der Waals surface area contributed by atoms with Crippen molar-refractivity contribution in [3.8, 4) is 28.9 Å². The smallest absolute Gasteiger partial charge is 0.312 e. The third-order valence-electron chi connectivity index (χ3n) is 25.9. The number of nitrogens with one attached hydrogen (secondary N) is 3. The van der Waals surface area contributed by atoms with Gasteiger partial charge < -0.3 is 58.9 Å². The van der Waals surface area contributed by atoms with Crippen LogP contribution in [0.5, 0.6) is 17.2 Å². The Morgan fingerprint density at radius 2 is 1.08 bits per heavy atom. The fourth-order valence-corrected chi connectivity index (χ4v) is 20.1. The maximum Gasteiger partial charge on any atom is 0.312 e. The number of nitrogens with zero attached hydrogens (tertiary/aromatic N) is 7. The highest BCUT2D eigenvalue weighted by Crippen LogP contribution is 2.60. The summed E-state index contributed by atoms with van der Waals surface area (Å²) in [5.41, 5.74) is -2.11. The number of fused-ring (bicyclic) bond motifs is 4. The second kappa shape index (κ2) is 36.2. The lowest BCUT2D eigenvalue weighted by atomic mass is 9.77. The highest BCUT2D eigenvalue weighted by atomic mass is 79.9. The van der Waals surface area contributed by atoms with Crippen molar-refractivity contribution in [1.29, 1.82) is 0 Å². The minimum Gasteiger partial charge on any atom is -0.497 e. The van der Waals surface area contributed by atoms with Crippen LogP contribution in [0.15, 0.2) is 111 Å². The second-order valence-corrected chi connectivity index (χ2v) is 40.0. The third-order valence-corrected chi connectivity index (χ3v) is 27.8. The summed E-state index contributed by atoms with van der Waals surface area (Å²) in [4.78, 5) is 132. The van der Waals surface area contributed by atoms with Gasteiger partial charge in [0.05, 0.1) is 97.5 Å². The molecule has 7 aromatic rings. The molecule has 8 fully saturated rings. The molecule has 2 aliphatic heterocycles. The Balaban J connectivity index is 0.000000171. The van der Waals surface area contributed by atoms with Crippen LogP contribution in [0.4, 0.5) is 11.6 Å². The number of aliphatic carboxylic acids is 1. The SMILES string of the molecule is CC[C@@H]1C[C@]1(CC(=O)[C@@H]1C[C@@H](Oc2cc(-n3ccc(NC(C)C)n3)nc3cc(OC)ccc23)CN1C(=O)[C@@H](CC(=O)OC1C[C@@H]2C[C@@H]2C1)C(C)(C)C)C(=O)O.CC[C@@H]1C[C@]1(CC(=O)[C@@H]1C[C@H](OS(=O)(=O)c2ccc(Br)cc2)CN1C(=O)[C@@H](CC(=O)OC1C[C@@H]2C[C@@H]2C1)C(C)(C)C)C(=O)OC.COc1ccc2c(=O)cc(-n3ccc(NC(C)C)n3)[nH]c2c1. The van der Waals surface area contributed by atoms with Gasteiger partial charge in [0.25, 0.3) is 10.1 Å². The van der Waals surface area contributed by atoms with Crippen molar-refractivity contribution in [3.63, 3.8) is 0 Å². The number of likely N-dealkylation sites (tertiary alicyclic amines) is 2. The van der Waals surface area contributed by atoms with E-state index in [0.717, 1.165) is 37.0 Å². The molecule has 8 aliphatic rings. The van der Waals surface area contributed by atoms with Crippen LogP contribution in [0.1, 0.15) is 186 Å². The van der Waals surface area contributed by atoms with Crippen LogP contribution >= 0.6 is 15.9 Å². The summed E-state index contributed by atoms with van der Waals surface area (Å²) in [5.74, 6) is 1.53. The number of aromatic amines is 1. The van der Waals surface area contributed by atoms with Gasteiger partial charge in [0, 0.05) is 108 Å². The molecular formula is C91H117BrN10O19S. The number of ketones is 2. The van der Waals surface area contributed by atoms with Crippen molar-refractivity contribution in [2.24, 2.45) is 69.0 Å². The van der Waals surface area contributed by atoms with Gasteiger partial charge in [0.2, 0.25) is 11.8 Å². The van der Waals surface area contributed by atoms with E-state index in [1.807, 2.05) is 120 Å². The standard InChI is InChI=1S/C42H55N5O8.C33H44BrNO9S.C16H18N4O2/c1-8-26-20-42(26,40(51)52)21-34(48)33-17-29(22-46(33)39(50)31(41(4,5)6)18-38(49)55-28-14-24-13-25(24)15-28)54-35-19-37(47-12-11-36(45-47)43-23(2)3)44-32-16-27(53-7)9-10-30(32)35;1-6-21-16-33(21,31(39)42-5)17-28(36)27-14-24(44-45(40,41)25-9-7-22(34)8-10-25)18-35(27)30(38)26(32(2,3)4)15-29(37)43-23-12-19-11-20(19)13-23;1-10(2)17-15-6-7-20(19-15)16-9-14(21)12-5-4-11(22-3)8-13(12)18-16/h9-12,16,19,23-26,28-29,31,33H,8,13-15,17-18,20-22H2,1-7H3,(H,43,45)(H,51,52);7-10,19-21,23-24,26-27H,6,11-18H2,1-5H3;4-10H,1-3H3,(H,17,19)(H,18,21)/t24-,25+,26-,28?,29-,31-,33+,42-;19-,20+,21-,23?,24+,26-,27+,33-;/m11./s1. The minimum atomic E-state index is -4.21. The zero-order chi connectivity index (χ0) is 88.0. The van der Waals surface area contributed by atoms with E-state index in [1.165, 1.54) is 37.0 Å². The molecule has 658 valence electrons. The first-order chi connectivity index (χ1) is 57.7. The Morgan fingerprint density at radius 1 is 0.598 bits per heavy atom. The van der Waals surface area contributed by atoms with Crippen LogP contribution < -0.4 is 30.3 Å². The summed E-state index contributed by atoms with van der Waals surface area (Å²) >= 11 is 3.29. The summed E-state index contributed by atoms with van der Waals surface area (Å²) in [6, 6.07) is 22.4. The Bertz CT molecular complexity index is 5250. The number of ether oxygens (including phenoxy) is 6. The van der Waals surface area contributed by atoms with Crippen LogP contribution in [-0.2, 0) is 66.9 Å². The summed E-state index contributed by atoms with van der Waals surface area (Å²) in [6.07, 6.45) is 9.52. The molecule has 6 heterocycles. The predicted octanol–water partition coefficient (Wildman–Crippen LogP) is 14.1. The Morgan fingerprint density at radius 3 is 1.57 bits per heavy atom. The van der Waals surface area contributed by atoms with E-state index in [-0.39, 0.29) is 109 Å². The van der Waals surface area contributed by atoms with Gasteiger partial charge in [-0.05, 0) is 174 Å². The number of methoxy groups -OCH3 is 3. The molecule has 15 rings (SSSR count). The van der Waals surface area contributed by atoms with Crippen LogP contribution in [0.3, 0.4) is 0 Å². The van der Waals surface area contributed by atoms with Crippen LogP contribution in [0.2, 0.25) is 0 Å². The van der Waals surface area contributed by atoms with E-state index in [9.17, 15) is 56.7 Å². The molecule has 2 saturated heterocycles. The molecule has 2 amide bonds. The molecule has 0 radical (unpaired) electrons. The van der Waals surface area contributed by atoms with Gasteiger partial charge in [-0.25, -0.2) is 14.3 Å². The number of rotatable bonds is 31. The zero-order valence-corrected chi connectivity index (χ0v) is 74.8. The Hall–Kier alpha value is -9.75. The number of amides is 2. The first-order valence-corrected chi connectivity index (χ1v) is 45.0. The zero-order valence-electron chi connectivity index (χ0n) is 72.4. The average Bonchev–Trinajstić information content (AvgIpc) is 1.58. The number of H-pyrrole nitrogens is 1. The molecule has 4 N–H and O–H groups in total. The molecule has 3 aromatic carbocycles. The summed E-state index contributed by atoms with van der Waals surface area (Å²) < 4.78 is 70.1. The van der Waals surface area contributed by atoms with Crippen molar-refractivity contribution in [2.75, 3.05) is 45.1 Å². The van der Waals surface area contributed by atoms with E-state index >= 15 is 0 Å². The number of carbonyl (C=O) groups is 8. The number of hydrogen-bond donors (Lipinski definition) is 4. The molecule has 0 bridgehead atoms. The first-order valence-electron chi connectivity index (χ1n) is 42.8. The molecule has 0 spiro atoms. The highest BCUT2D eigenvalue weighted by Gasteiger charge is 2.63. The van der Waals surface area contributed by atoms with E-state index in [0.29, 0.717) is 111 Å². The summed E-state index contributed by atoms with van der Waals surface area (Å²) in [5, 5.41) is 27.1. The first kappa shape index (κ1) is 90.0. The van der Waals surface area contributed by atoms with Gasteiger partial charge in [-0.1, -0.05) is 84.2 Å². The molecule has 4 aromatic heterocycles. The van der Waals surface area contributed by atoms with E-state index in [1.54, 1.807) is 77.1 Å². The van der Waals surface area contributed by atoms with Crippen molar-refractivity contribution in [2.45, 2.75) is 239 Å². The van der Waals surface area contributed by atoms with Gasteiger partial charge in [-0.15, -0.1) is 10.2 Å². The quantitative estimate of drug-likeness (QED) is 0.0178. The number of carboxylic acids is 1. The summed E-state index contributed by atoms with van der Waals surface area (Å²) in [7, 11) is 0.265. The molecule has 6 aliphatic carbocycles. The lowest BCUT2D eigenvalue weighted by Crippen LogP contribution is -2.48. The molecular weight excluding hydrogens is 1650 g/mol. The number of hydrogen-bond acceptors (Lipinski definition) is 23. The second-order valence-electron chi connectivity index (χ2n) is 37.5. The number of carboxylic acid groups (broad SMARTS) is 1. The monoisotopic (exact) mass is 1760 g/mol. The van der Waals surface area contributed by atoms with E-state index < -0.39 is 97.7 Å². The van der Waals surface area contributed by atoms with Crippen LogP contribution in [0, 0.1) is 69.0 Å². The number of halogens is 1. The number of carbonyl (C=O) groups excluding carboxylic acids is 7. The van der Waals surface area contributed by atoms with Crippen molar-refractivity contribution < 1.29 is 84.5 Å². The van der Waals surface area contributed by atoms with Crippen LogP contribution in [0.25, 0.3) is 33.4 Å². The minimum absolute atomic E-state index is 0.0111.